The van der Waals surface area contributed by atoms with Crippen LogP contribution in [0.15, 0.2) is 29.2 Å². The zero-order valence-electron chi connectivity index (χ0n) is 16.0. The van der Waals surface area contributed by atoms with E-state index in [4.69, 9.17) is 0 Å². The Morgan fingerprint density at radius 3 is 2.23 bits per heavy atom. The lowest BCUT2D eigenvalue weighted by Gasteiger charge is -2.25. The molecule has 1 aromatic carbocycles. The lowest BCUT2D eigenvalue weighted by Crippen LogP contribution is -2.36. The Morgan fingerprint density at radius 2 is 1.65 bits per heavy atom. The molecule has 1 heterocycles. The van der Waals surface area contributed by atoms with Crippen molar-refractivity contribution < 1.29 is 13.2 Å². The topological polar surface area (TPSA) is 78.5 Å². The minimum atomic E-state index is -3.40. The van der Waals surface area contributed by atoms with Gasteiger partial charge in [-0.3, -0.25) is 0 Å². The fourth-order valence-corrected chi connectivity index (χ4v) is 4.35. The number of benzene rings is 1. The number of hydrogen-bond acceptors (Lipinski definition) is 3. The van der Waals surface area contributed by atoms with Crippen molar-refractivity contribution in [1.82, 2.24) is 14.9 Å². The van der Waals surface area contributed by atoms with Gasteiger partial charge in [0.25, 0.3) is 0 Å². The Balaban J connectivity index is 1.84. The number of carbonyl (C=O) groups excluding carboxylic acids is 1. The molecule has 2 rings (SSSR count). The lowest BCUT2D eigenvalue weighted by molar-refractivity contribution is 0.238. The number of sulfonamides is 1. The van der Waals surface area contributed by atoms with Gasteiger partial charge in [0, 0.05) is 26.2 Å². The molecule has 0 unspecified atom stereocenters. The molecule has 1 aliphatic rings. The zero-order chi connectivity index (χ0) is 19.2. The number of rotatable bonds is 6. The van der Waals surface area contributed by atoms with Crippen molar-refractivity contribution >= 4 is 16.1 Å². The van der Waals surface area contributed by atoms with Crippen LogP contribution < -0.4 is 10.6 Å². The van der Waals surface area contributed by atoms with Gasteiger partial charge in [-0.15, -0.1) is 0 Å². The summed E-state index contributed by atoms with van der Waals surface area (Å²) in [5.74, 6) is 0. The minimum Gasteiger partial charge on any atom is -0.338 e. The van der Waals surface area contributed by atoms with E-state index in [0.717, 1.165) is 31.2 Å². The second-order valence-corrected chi connectivity index (χ2v) is 9.97. The van der Waals surface area contributed by atoms with E-state index in [1.807, 2.05) is 0 Å². The van der Waals surface area contributed by atoms with Gasteiger partial charge in [-0.2, -0.15) is 4.31 Å². The highest BCUT2D eigenvalue weighted by Gasteiger charge is 2.25. The molecular weight excluding hydrogens is 350 g/mol. The van der Waals surface area contributed by atoms with Crippen molar-refractivity contribution in [2.45, 2.75) is 57.9 Å². The van der Waals surface area contributed by atoms with Gasteiger partial charge in [0.15, 0.2) is 0 Å². The van der Waals surface area contributed by atoms with Gasteiger partial charge in [-0.05, 0) is 42.4 Å². The van der Waals surface area contributed by atoms with E-state index in [0.29, 0.717) is 31.1 Å². The van der Waals surface area contributed by atoms with Crippen LogP contribution in [0.25, 0.3) is 0 Å². The number of amides is 2. The van der Waals surface area contributed by atoms with Crippen LogP contribution in [0.2, 0.25) is 0 Å². The maximum absolute atomic E-state index is 12.6. The van der Waals surface area contributed by atoms with Gasteiger partial charge in [0.05, 0.1) is 4.90 Å². The molecule has 146 valence electrons. The smallest absolute Gasteiger partial charge is 0.315 e. The number of hydrogen-bond donors (Lipinski definition) is 2. The summed E-state index contributed by atoms with van der Waals surface area (Å²) in [5.41, 5.74) is 1.05. The van der Waals surface area contributed by atoms with Crippen LogP contribution in [0.4, 0.5) is 4.79 Å². The predicted molar refractivity (Wildman–Crippen MR) is 103 cm³/mol. The average molecular weight is 382 g/mol. The highest BCUT2D eigenvalue weighted by molar-refractivity contribution is 7.89. The molecule has 2 N–H and O–H groups in total. The van der Waals surface area contributed by atoms with Gasteiger partial charge in [-0.25, -0.2) is 13.2 Å². The summed E-state index contributed by atoms with van der Waals surface area (Å²) in [5, 5.41) is 5.63. The van der Waals surface area contributed by atoms with Crippen molar-refractivity contribution in [1.29, 1.82) is 0 Å². The van der Waals surface area contributed by atoms with Crippen LogP contribution in [0, 0.1) is 5.41 Å². The van der Waals surface area contributed by atoms with E-state index >= 15 is 0 Å². The molecule has 0 aromatic heterocycles. The number of piperidine rings is 1. The molecule has 1 saturated heterocycles. The van der Waals surface area contributed by atoms with E-state index < -0.39 is 10.0 Å². The van der Waals surface area contributed by atoms with Crippen molar-refractivity contribution in [3.8, 4) is 0 Å². The normalized spacial score (nSPS) is 16.3. The Morgan fingerprint density at radius 1 is 1.04 bits per heavy atom. The van der Waals surface area contributed by atoms with Crippen LogP contribution in [-0.2, 0) is 16.6 Å². The zero-order valence-corrected chi connectivity index (χ0v) is 16.9. The average Bonchev–Trinajstić information content (AvgIpc) is 2.60. The molecule has 0 radical (unpaired) electrons. The summed E-state index contributed by atoms with van der Waals surface area (Å²) >= 11 is 0. The first-order valence-corrected chi connectivity index (χ1v) is 10.7. The summed E-state index contributed by atoms with van der Waals surface area (Å²) in [6, 6.07) is 6.55. The van der Waals surface area contributed by atoms with Crippen molar-refractivity contribution in [3.05, 3.63) is 29.8 Å². The predicted octanol–water partition coefficient (Wildman–Crippen LogP) is 3.10. The van der Waals surface area contributed by atoms with E-state index in [-0.39, 0.29) is 11.4 Å². The first kappa shape index (κ1) is 20.7. The SMILES string of the molecule is CC(C)(C)CCNC(=O)NCc1ccc(S(=O)(=O)N2CCCCC2)cc1. The number of nitrogens with zero attached hydrogens (tertiary/aromatic N) is 1. The summed E-state index contributed by atoms with van der Waals surface area (Å²) in [6.07, 6.45) is 3.84. The molecule has 0 bridgehead atoms. The molecule has 26 heavy (non-hydrogen) atoms. The second kappa shape index (κ2) is 8.86. The summed E-state index contributed by atoms with van der Waals surface area (Å²) in [7, 11) is -3.40. The Hall–Kier alpha value is -1.60. The van der Waals surface area contributed by atoms with Gasteiger partial charge in [0.2, 0.25) is 10.0 Å². The summed E-state index contributed by atoms with van der Waals surface area (Å²) < 4.78 is 26.8. The summed E-state index contributed by atoms with van der Waals surface area (Å²) in [4.78, 5) is 12.1. The molecule has 7 heteroatoms. The molecule has 0 saturated carbocycles. The molecule has 0 spiro atoms. The maximum Gasteiger partial charge on any atom is 0.315 e. The molecule has 2 amide bonds. The van der Waals surface area contributed by atoms with Crippen LogP contribution in [0.5, 0.6) is 0 Å². The maximum atomic E-state index is 12.6. The Labute approximate surface area is 157 Å². The molecule has 6 nitrogen and oxygen atoms in total. The fourth-order valence-electron chi connectivity index (χ4n) is 2.83. The Bertz CT molecular complexity index is 688. The molecule has 1 aliphatic heterocycles. The van der Waals surface area contributed by atoms with E-state index in [1.165, 1.54) is 0 Å². The summed E-state index contributed by atoms with van der Waals surface area (Å²) in [6.45, 7) is 8.58. The number of nitrogens with one attached hydrogen (secondary N) is 2. The highest BCUT2D eigenvalue weighted by Crippen LogP contribution is 2.21. The van der Waals surface area contributed by atoms with Gasteiger partial charge in [0.1, 0.15) is 0 Å². The minimum absolute atomic E-state index is 0.183. The third kappa shape index (κ3) is 6.29. The van der Waals surface area contributed by atoms with Crippen LogP contribution >= 0.6 is 0 Å². The van der Waals surface area contributed by atoms with E-state index in [2.05, 4.69) is 31.4 Å². The highest BCUT2D eigenvalue weighted by atomic mass is 32.2. The lowest BCUT2D eigenvalue weighted by atomic mass is 9.92. The van der Waals surface area contributed by atoms with Crippen LogP contribution in [-0.4, -0.2) is 38.4 Å². The molecule has 1 fully saturated rings. The molecule has 0 aliphatic carbocycles. The van der Waals surface area contributed by atoms with Crippen LogP contribution in [0.1, 0.15) is 52.0 Å². The fraction of sp³-hybridized carbons (Fsp3) is 0.632. The first-order valence-electron chi connectivity index (χ1n) is 9.29. The third-order valence-corrected chi connectivity index (χ3v) is 6.40. The standard InChI is InChI=1S/C19H31N3O3S/c1-19(2,3)11-12-20-18(23)21-15-16-7-9-17(10-8-16)26(24,25)22-13-5-4-6-14-22/h7-10H,4-6,11-15H2,1-3H3,(H2,20,21,23). The van der Waals surface area contributed by atoms with Crippen molar-refractivity contribution in [3.63, 3.8) is 0 Å². The third-order valence-electron chi connectivity index (χ3n) is 4.49. The van der Waals surface area contributed by atoms with Gasteiger partial charge < -0.3 is 10.6 Å². The first-order chi connectivity index (χ1) is 12.2. The van der Waals surface area contributed by atoms with Crippen LogP contribution in [0.3, 0.4) is 0 Å². The number of urea groups is 1. The Kier molecular flexibility index (Phi) is 7.06. The van der Waals surface area contributed by atoms with Crippen molar-refractivity contribution in [2.24, 2.45) is 5.41 Å². The monoisotopic (exact) mass is 381 g/mol. The molecular formula is C19H31N3O3S. The number of carbonyl (C=O) groups is 1. The van der Waals surface area contributed by atoms with Gasteiger partial charge in [-0.1, -0.05) is 39.3 Å². The van der Waals surface area contributed by atoms with Crippen molar-refractivity contribution in [2.75, 3.05) is 19.6 Å². The quantitative estimate of drug-likeness (QED) is 0.795. The molecule has 0 atom stereocenters. The van der Waals surface area contributed by atoms with E-state index in [1.54, 1.807) is 28.6 Å². The molecule has 1 aromatic rings. The largest absolute Gasteiger partial charge is 0.338 e. The van der Waals surface area contributed by atoms with E-state index in [9.17, 15) is 13.2 Å². The second-order valence-electron chi connectivity index (χ2n) is 8.03. The van der Waals surface area contributed by atoms with Gasteiger partial charge >= 0.3 is 6.03 Å².